The Morgan fingerprint density at radius 1 is 1.17 bits per heavy atom. The molecule has 2 spiro atoms. The molecule has 0 aliphatic heterocycles. The lowest BCUT2D eigenvalue weighted by Gasteiger charge is -2.51. The van der Waals surface area contributed by atoms with Crippen LogP contribution < -0.4 is 10.5 Å². The summed E-state index contributed by atoms with van der Waals surface area (Å²) in [4.78, 5) is 0. The van der Waals surface area contributed by atoms with Crippen molar-refractivity contribution in [1.29, 1.82) is 0 Å². The average molecular weight is 498 g/mol. The van der Waals surface area contributed by atoms with Gasteiger partial charge >= 0.3 is 0 Å². The largest absolute Gasteiger partial charge is 0.504 e. The predicted molar refractivity (Wildman–Crippen MR) is 139 cm³/mol. The molecule has 2 saturated carbocycles. The second-order valence-corrected chi connectivity index (χ2v) is 10.6. The van der Waals surface area contributed by atoms with Gasteiger partial charge in [0.05, 0.1) is 26.4 Å². The number of benzene rings is 1. The van der Waals surface area contributed by atoms with Crippen molar-refractivity contribution in [3.8, 4) is 11.5 Å². The molecule has 1 aromatic rings. The summed E-state index contributed by atoms with van der Waals surface area (Å²) in [6.07, 6.45) is 5.83. The van der Waals surface area contributed by atoms with Gasteiger partial charge in [-0.1, -0.05) is 42.0 Å². The van der Waals surface area contributed by atoms with Gasteiger partial charge in [-0.15, -0.1) is 0 Å². The minimum atomic E-state index is -1.08. The lowest BCUT2D eigenvalue weighted by Crippen LogP contribution is -2.46. The molecule has 196 valence electrons. The Kier molecular flexibility index (Phi) is 7.14. The SMILES string of the molecule is C=C/C(C)=C\C=C(/C)CN.COC1=C2[C@H]3CCC34C[C@]2(C[C@H](O)[C@@H]1O)c1c(ccc(OC)c1O)[C@H]4O. The zero-order valence-corrected chi connectivity index (χ0v) is 21.6. The highest BCUT2D eigenvalue weighted by atomic mass is 16.5. The number of aliphatic hydroxyl groups excluding tert-OH is 3. The van der Waals surface area contributed by atoms with Crippen molar-refractivity contribution in [2.45, 2.75) is 63.3 Å². The number of phenols is 1. The maximum atomic E-state index is 11.2. The molecule has 5 rings (SSSR count). The van der Waals surface area contributed by atoms with Crippen LogP contribution in [0, 0.1) is 11.3 Å². The van der Waals surface area contributed by atoms with Crippen LogP contribution in [0.25, 0.3) is 0 Å². The number of fused-ring (bicyclic) bond motifs is 2. The second-order valence-electron chi connectivity index (χ2n) is 10.6. The molecule has 6 atom stereocenters. The topological polar surface area (TPSA) is 125 Å². The van der Waals surface area contributed by atoms with Crippen molar-refractivity contribution in [2.75, 3.05) is 20.8 Å². The Morgan fingerprint density at radius 3 is 2.44 bits per heavy atom. The lowest BCUT2D eigenvalue weighted by atomic mass is 9.54. The van der Waals surface area contributed by atoms with E-state index >= 15 is 0 Å². The molecule has 7 nitrogen and oxygen atoms in total. The maximum Gasteiger partial charge on any atom is 0.162 e. The van der Waals surface area contributed by atoms with Crippen molar-refractivity contribution in [1.82, 2.24) is 0 Å². The molecule has 4 aliphatic carbocycles. The van der Waals surface area contributed by atoms with E-state index in [2.05, 4.69) is 6.58 Å². The average Bonchev–Trinajstić information content (AvgIpc) is 3.03. The highest BCUT2D eigenvalue weighted by Crippen LogP contribution is 2.77. The van der Waals surface area contributed by atoms with Crippen molar-refractivity contribution >= 4 is 0 Å². The third-order valence-corrected chi connectivity index (χ3v) is 8.75. The van der Waals surface area contributed by atoms with Gasteiger partial charge in [-0.3, -0.25) is 0 Å². The van der Waals surface area contributed by atoms with Crippen molar-refractivity contribution in [3.63, 3.8) is 0 Å². The molecule has 2 bridgehead atoms. The lowest BCUT2D eigenvalue weighted by molar-refractivity contribution is -0.0741. The van der Waals surface area contributed by atoms with Crippen LogP contribution in [0.1, 0.15) is 56.8 Å². The van der Waals surface area contributed by atoms with Gasteiger partial charge in [0.25, 0.3) is 0 Å². The van der Waals surface area contributed by atoms with Crippen LogP contribution in [0.4, 0.5) is 0 Å². The van der Waals surface area contributed by atoms with Crippen LogP contribution >= 0.6 is 0 Å². The van der Waals surface area contributed by atoms with Crippen molar-refractivity contribution in [3.05, 3.63) is 70.5 Å². The summed E-state index contributed by atoms with van der Waals surface area (Å²) >= 11 is 0. The summed E-state index contributed by atoms with van der Waals surface area (Å²) < 4.78 is 10.9. The number of phenolic OH excluding ortho intramolecular Hbond substituents is 1. The van der Waals surface area contributed by atoms with E-state index in [0.717, 1.165) is 24.0 Å². The normalized spacial score (nSPS) is 34.4. The molecule has 0 aromatic heterocycles. The Balaban J connectivity index is 0.000000261. The van der Waals surface area contributed by atoms with Gasteiger partial charge in [0.15, 0.2) is 11.5 Å². The first-order chi connectivity index (χ1) is 17.1. The third kappa shape index (κ3) is 3.72. The van der Waals surface area contributed by atoms with Crippen LogP contribution in [0.3, 0.4) is 0 Å². The van der Waals surface area contributed by atoms with Crippen LogP contribution in [-0.4, -0.2) is 53.4 Å². The Morgan fingerprint density at radius 2 is 1.89 bits per heavy atom. The summed E-state index contributed by atoms with van der Waals surface area (Å²) in [6.45, 7) is 8.28. The Labute approximate surface area is 213 Å². The monoisotopic (exact) mass is 497 g/mol. The maximum absolute atomic E-state index is 11.2. The zero-order valence-electron chi connectivity index (χ0n) is 21.6. The standard InChI is InChI=1S/C20H24O6.C9H15N/c1-25-12-4-3-9-13(16(12)23)20-7-11(21)15(22)17(26-2)14(20)10-5-6-19(10,8-20)18(9)24;1-4-8(2)5-6-9(3)7-10/h3-4,10-11,15,18,21-24H,5-8H2,1-2H3;4-6H,1,7,10H2,2-3H3/b;8-5-,9-6+/t10-,11+,15+,18-,19?,20-;/m1./s1. The molecule has 1 aromatic carbocycles. The molecule has 0 heterocycles. The van der Waals surface area contributed by atoms with E-state index in [4.69, 9.17) is 15.2 Å². The number of nitrogens with two attached hydrogens (primary N) is 1. The van der Waals surface area contributed by atoms with E-state index in [0.29, 0.717) is 42.0 Å². The molecule has 36 heavy (non-hydrogen) atoms. The first kappa shape index (κ1) is 26.5. The highest BCUT2D eigenvalue weighted by Gasteiger charge is 2.72. The van der Waals surface area contributed by atoms with Gasteiger partial charge in [-0.25, -0.2) is 0 Å². The fourth-order valence-corrected chi connectivity index (χ4v) is 6.87. The molecule has 1 unspecified atom stereocenters. The molecule has 0 radical (unpaired) electrons. The van der Waals surface area contributed by atoms with Gasteiger partial charge in [-0.2, -0.15) is 0 Å². The number of hydrogen-bond acceptors (Lipinski definition) is 7. The number of allylic oxidation sites excluding steroid dienone is 5. The van der Waals surface area contributed by atoms with Crippen LogP contribution in [0.15, 0.2) is 59.4 Å². The molecule has 0 amide bonds. The quantitative estimate of drug-likeness (QED) is 0.394. The van der Waals surface area contributed by atoms with Gasteiger partial charge in [0.1, 0.15) is 11.9 Å². The van der Waals surface area contributed by atoms with E-state index in [1.165, 1.54) is 19.8 Å². The number of aromatic hydroxyl groups is 1. The molecular weight excluding hydrogens is 458 g/mol. The van der Waals surface area contributed by atoms with Gasteiger partial charge in [0, 0.05) is 22.9 Å². The van der Waals surface area contributed by atoms with Gasteiger partial charge < -0.3 is 35.6 Å². The summed E-state index contributed by atoms with van der Waals surface area (Å²) in [5.74, 6) is 0.848. The summed E-state index contributed by atoms with van der Waals surface area (Å²) in [5.41, 5.74) is 9.05. The van der Waals surface area contributed by atoms with Crippen LogP contribution in [0.5, 0.6) is 11.5 Å². The molecule has 6 N–H and O–H groups in total. The number of hydrogen-bond donors (Lipinski definition) is 5. The van der Waals surface area contributed by atoms with E-state index < -0.39 is 23.7 Å². The number of methoxy groups -OCH3 is 2. The van der Waals surface area contributed by atoms with Crippen LogP contribution in [-0.2, 0) is 10.2 Å². The molecule has 4 aliphatic rings. The summed E-state index contributed by atoms with van der Waals surface area (Å²) in [7, 11) is 3.00. The van der Waals surface area contributed by atoms with E-state index in [9.17, 15) is 20.4 Å². The first-order valence-electron chi connectivity index (χ1n) is 12.5. The minimum Gasteiger partial charge on any atom is -0.504 e. The van der Waals surface area contributed by atoms with Gasteiger partial charge in [0.2, 0.25) is 0 Å². The van der Waals surface area contributed by atoms with E-state index in [1.807, 2.05) is 38.1 Å². The van der Waals surface area contributed by atoms with Crippen molar-refractivity contribution < 1.29 is 29.9 Å². The summed E-state index contributed by atoms with van der Waals surface area (Å²) in [6, 6.07) is 3.50. The number of aliphatic hydroxyl groups is 3. The van der Waals surface area contributed by atoms with Crippen molar-refractivity contribution in [2.24, 2.45) is 17.1 Å². The van der Waals surface area contributed by atoms with E-state index in [-0.39, 0.29) is 17.1 Å². The Hall–Kier alpha value is -2.58. The minimum absolute atomic E-state index is 0.0109. The second kappa shape index (κ2) is 9.71. The van der Waals surface area contributed by atoms with E-state index in [1.54, 1.807) is 6.07 Å². The number of rotatable bonds is 5. The predicted octanol–water partition coefficient (Wildman–Crippen LogP) is 3.54. The molecule has 0 saturated heterocycles. The Bertz CT molecular complexity index is 1140. The molecular formula is C29H39NO6. The fraction of sp³-hybridized carbons (Fsp3) is 0.517. The van der Waals surface area contributed by atoms with Gasteiger partial charge in [-0.05, 0) is 62.7 Å². The summed E-state index contributed by atoms with van der Waals surface area (Å²) in [5, 5.41) is 43.3. The smallest absolute Gasteiger partial charge is 0.162 e. The highest BCUT2D eigenvalue weighted by molar-refractivity contribution is 5.64. The van der Waals surface area contributed by atoms with Crippen LogP contribution in [0.2, 0.25) is 0 Å². The number of ether oxygens (including phenoxy) is 2. The third-order valence-electron chi connectivity index (χ3n) is 8.75. The molecule has 7 heteroatoms. The molecule has 2 fully saturated rings. The zero-order chi connectivity index (χ0) is 26.4. The first-order valence-corrected chi connectivity index (χ1v) is 12.5. The fourth-order valence-electron chi connectivity index (χ4n) is 6.87.